The van der Waals surface area contributed by atoms with Crippen LogP contribution in [0.25, 0.3) is 0 Å². The number of hydrogen-bond donors (Lipinski definition) is 2. The molecule has 0 bridgehead atoms. The van der Waals surface area contributed by atoms with Crippen LogP contribution in [0.3, 0.4) is 0 Å². The number of aliphatic hydroxyl groups is 1. The Morgan fingerprint density at radius 2 is 1.88 bits per heavy atom. The molecule has 2 amide bonds. The van der Waals surface area contributed by atoms with E-state index in [-0.39, 0.29) is 17.9 Å². The van der Waals surface area contributed by atoms with Crippen LogP contribution >= 0.6 is 0 Å². The van der Waals surface area contributed by atoms with E-state index in [9.17, 15) is 14.7 Å². The van der Waals surface area contributed by atoms with Gasteiger partial charge in [0.2, 0.25) is 11.8 Å². The molecule has 0 aliphatic carbocycles. The largest absolute Gasteiger partial charge is 0.388 e. The minimum absolute atomic E-state index is 0.0353. The predicted molar refractivity (Wildman–Crippen MR) is 99.1 cm³/mol. The second-order valence-electron chi connectivity index (χ2n) is 7.77. The number of nitrogens with zero attached hydrogens (tertiary/aromatic N) is 2. The fourth-order valence-electron chi connectivity index (χ4n) is 4.24. The van der Waals surface area contributed by atoms with E-state index >= 15 is 0 Å². The Morgan fingerprint density at radius 3 is 2.54 bits per heavy atom. The van der Waals surface area contributed by atoms with E-state index in [0.29, 0.717) is 13.0 Å². The number of piperidine rings is 2. The maximum atomic E-state index is 12.0. The maximum Gasteiger partial charge on any atom is 0.237 e. The molecule has 1 aromatic carbocycles. The van der Waals surface area contributed by atoms with Gasteiger partial charge in [0, 0.05) is 19.5 Å². The molecule has 6 heteroatoms. The van der Waals surface area contributed by atoms with Crippen LogP contribution in [0, 0.1) is 5.41 Å². The lowest BCUT2D eigenvalue weighted by Crippen LogP contribution is -2.53. The maximum absolute atomic E-state index is 12.0. The van der Waals surface area contributed by atoms with Crippen molar-refractivity contribution in [3.05, 3.63) is 35.9 Å². The van der Waals surface area contributed by atoms with Crippen LogP contribution in [0.4, 0.5) is 0 Å². The third kappa shape index (κ3) is 4.62. The normalized spacial score (nSPS) is 21.7. The van der Waals surface area contributed by atoms with E-state index in [0.717, 1.165) is 50.9 Å². The average molecular weight is 359 g/mol. The number of hydrogen-bond acceptors (Lipinski definition) is 4. The monoisotopic (exact) mass is 359 g/mol. The fraction of sp³-hybridized carbons (Fsp3) is 0.600. The number of carbonyl (C=O) groups is 2. The van der Waals surface area contributed by atoms with Crippen LogP contribution in [0.1, 0.15) is 43.8 Å². The Morgan fingerprint density at radius 1 is 1.19 bits per heavy atom. The van der Waals surface area contributed by atoms with Crippen LogP contribution in [-0.4, -0.2) is 59.4 Å². The molecule has 0 aromatic heterocycles. The standard InChI is InChI=1S/C20H29N3O3/c21-18(25)14-23-15-20(8-6-19(23)26)9-12-22(13-10-20)11-7-17(24)16-4-2-1-3-5-16/h1-5,17,24H,6-15H2,(H2,21,25)/t17-/m1/s1. The van der Waals surface area contributed by atoms with Crippen molar-refractivity contribution in [2.75, 3.05) is 32.7 Å². The van der Waals surface area contributed by atoms with E-state index in [1.807, 2.05) is 30.3 Å². The Labute approximate surface area is 155 Å². The highest BCUT2D eigenvalue weighted by Crippen LogP contribution is 2.40. The molecule has 1 atom stereocenters. The van der Waals surface area contributed by atoms with Crippen LogP contribution in [0.15, 0.2) is 30.3 Å². The van der Waals surface area contributed by atoms with E-state index in [1.165, 1.54) is 0 Å². The molecule has 2 aliphatic rings. The molecule has 1 spiro atoms. The summed E-state index contributed by atoms with van der Waals surface area (Å²) in [5.74, 6) is -0.398. The van der Waals surface area contributed by atoms with Crippen molar-refractivity contribution in [2.24, 2.45) is 11.1 Å². The number of nitrogens with two attached hydrogens (primary N) is 1. The van der Waals surface area contributed by atoms with Crippen molar-refractivity contribution in [1.82, 2.24) is 9.80 Å². The SMILES string of the molecule is NC(=O)CN1CC2(CCC1=O)CCN(CC[C@@H](O)c1ccccc1)CC2. The van der Waals surface area contributed by atoms with Gasteiger partial charge in [0.1, 0.15) is 0 Å². The molecule has 6 nitrogen and oxygen atoms in total. The summed E-state index contributed by atoms with van der Waals surface area (Å²) in [6.07, 6.45) is 3.77. The topological polar surface area (TPSA) is 86.9 Å². The van der Waals surface area contributed by atoms with Gasteiger partial charge in [-0.1, -0.05) is 30.3 Å². The van der Waals surface area contributed by atoms with Crippen LogP contribution in [0.5, 0.6) is 0 Å². The average Bonchev–Trinajstić information content (AvgIpc) is 2.64. The van der Waals surface area contributed by atoms with Crippen LogP contribution < -0.4 is 5.73 Å². The van der Waals surface area contributed by atoms with Gasteiger partial charge in [-0.05, 0) is 49.8 Å². The van der Waals surface area contributed by atoms with E-state index in [1.54, 1.807) is 4.90 Å². The lowest BCUT2D eigenvalue weighted by atomic mass is 9.72. The third-order valence-corrected chi connectivity index (χ3v) is 5.91. The molecule has 2 aliphatic heterocycles. The van der Waals surface area contributed by atoms with Gasteiger partial charge >= 0.3 is 0 Å². The smallest absolute Gasteiger partial charge is 0.237 e. The van der Waals surface area contributed by atoms with Crippen LogP contribution in [0.2, 0.25) is 0 Å². The van der Waals surface area contributed by atoms with E-state index < -0.39 is 12.0 Å². The lowest BCUT2D eigenvalue weighted by molar-refractivity contribution is -0.142. The van der Waals surface area contributed by atoms with Gasteiger partial charge < -0.3 is 20.6 Å². The van der Waals surface area contributed by atoms with Crippen molar-refractivity contribution in [3.63, 3.8) is 0 Å². The molecule has 2 heterocycles. The molecule has 0 unspecified atom stereocenters. The molecular weight excluding hydrogens is 330 g/mol. The van der Waals surface area contributed by atoms with Crippen molar-refractivity contribution in [1.29, 1.82) is 0 Å². The molecule has 0 radical (unpaired) electrons. The zero-order chi connectivity index (χ0) is 18.6. The highest BCUT2D eigenvalue weighted by atomic mass is 16.3. The number of primary amides is 1. The van der Waals surface area contributed by atoms with Gasteiger partial charge in [-0.25, -0.2) is 0 Å². The van der Waals surface area contributed by atoms with Gasteiger partial charge in [0.25, 0.3) is 0 Å². The summed E-state index contributed by atoms with van der Waals surface area (Å²) in [6.45, 7) is 3.50. The van der Waals surface area contributed by atoms with E-state index in [4.69, 9.17) is 5.73 Å². The molecule has 142 valence electrons. The highest BCUT2D eigenvalue weighted by Gasteiger charge is 2.41. The van der Waals surface area contributed by atoms with Crippen molar-refractivity contribution in [2.45, 2.75) is 38.2 Å². The number of amides is 2. The van der Waals surface area contributed by atoms with Gasteiger partial charge in [-0.15, -0.1) is 0 Å². The van der Waals surface area contributed by atoms with Gasteiger partial charge in [-0.3, -0.25) is 9.59 Å². The fourth-order valence-corrected chi connectivity index (χ4v) is 4.24. The highest BCUT2D eigenvalue weighted by molar-refractivity contribution is 5.84. The second kappa shape index (κ2) is 8.18. The first-order valence-corrected chi connectivity index (χ1v) is 9.49. The molecule has 1 aromatic rings. The van der Waals surface area contributed by atoms with Crippen LogP contribution in [-0.2, 0) is 9.59 Å². The molecule has 3 rings (SSSR count). The molecule has 26 heavy (non-hydrogen) atoms. The number of rotatable bonds is 6. The Balaban J connectivity index is 1.48. The summed E-state index contributed by atoms with van der Waals surface area (Å²) in [5.41, 5.74) is 6.37. The molecule has 3 N–H and O–H groups in total. The summed E-state index contributed by atoms with van der Waals surface area (Å²) in [6, 6.07) is 9.78. The van der Waals surface area contributed by atoms with Gasteiger partial charge in [-0.2, -0.15) is 0 Å². The number of carbonyl (C=O) groups excluding carboxylic acids is 2. The second-order valence-corrected chi connectivity index (χ2v) is 7.77. The summed E-state index contributed by atoms with van der Waals surface area (Å²) in [7, 11) is 0. The van der Waals surface area contributed by atoms with Crippen molar-refractivity contribution < 1.29 is 14.7 Å². The first kappa shape index (κ1) is 18.9. The molecule has 2 fully saturated rings. The first-order valence-electron chi connectivity index (χ1n) is 9.49. The van der Waals surface area contributed by atoms with E-state index in [2.05, 4.69) is 4.90 Å². The quantitative estimate of drug-likeness (QED) is 0.801. The molecule has 2 saturated heterocycles. The Kier molecular flexibility index (Phi) is 5.94. The minimum Gasteiger partial charge on any atom is -0.388 e. The Hall–Kier alpha value is -1.92. The predicted octanol–water partition coefficient (Wildman–Crippen LogP) is 1.30. The summed E-state index contributed by atoms with van der Waals surface area (Å²) >= 11 is 0. The zero-order valence-corrected chi connectivity index (χ0v) is 15.3. The van der Waals surface area contributed by atoms with Crippen molar-refractivity contribution >= 4 is 11.8 Å². The van der Waals surface area contributed by atoms with Crippen molar-refractivity contribution in [3.8, 4) is 0 Å². The zero-order valence-electron chi connectivity index (χ0n) is 15.3. The van der Waals surface area contributed by atoms with Gasteiger partial charge in [0.05, 0.1) is 12.6 Å². The number of benzene rings is 1. The summed E-state index contributed by atoms with van der Waals surface area (Å²) in [5, 5.41) is 10.3. The molecule has 0 saturated carbocycles. The minimum atomic E-state index is -0.442. The van der Waals surface area contributed by atoms with Gasteiger partial charge in [0.15, 0.2) is 0 Å². The third-order valence-electron chi connectivity index (χ3n) is 5.91. The summed E-state index contributed by atoms with van der Waals surface area (Å²) < 4.78 is 0. The molecular formula is C20H29N3O3. The lowest BCUT2D eigenvalue weighted by Gasteiger charge is -2.47. The Bertz CT molecular complexity index is 626. The first-order chi connectivity index (χ1) is 12.5. The number of likely N-dealkylation sites (tertiary alicyclic amines) is 2. The summed E-state index contributed by atoms with van der Waals surface area (Å²) in [4.78, 5) is 27.2. The number of aliphatic hydroxyl groups excluding tert-OH is 1.